The van der Waals surface area contributed by atoms with Crippen LogP contribution in [0.25, 0.3) is 0 Å². The molecule has 0 aliphatic carbocycles. The summed E-state index contributed by atoms with van der Waals surface area (Å²) in [5.41, 5.74) is -1.12. The molecule has 26 heavy (non-hydrogen) atoms. The number of halogens is 2. The lowest BCUT2D eigenvalue weighted by atomic mass is 9.95. The molecule has 2 rings (SSSR count). The van der Waals surface area contributed by atoms with Gasteiger partial charge >= 0.3 is 0 Å². The number of rotatable bonds is 6. The van der Waals surface area contributed by atoms with Crippen LogP contribution in [-0.2, 0) is 22.4 Å². The smallest absolute Gasteiger partial charge is 0.136 e. The van der Waals surface area contributed by atoms with E-state index in [4.69, 9.17) is 4.74 Å². The number of hydrogen-bond acceptors (Lipinski definition) is 5. The predicted molar refractivity (Wildman–Crippen MR) is 95.9 cm³/mol. The molecule has 0 saturated carbocycles. The summed E-state index contributed by atoms with van der Waals surface area (Å²) < 4.78 is 32.2. The third-order valence-corrected chi connectivity index (χ3v) is 3.87. The summed E-state index contributed by atoms with van der Waals surface area (Å²) >= 11 is 0. The number of methoxy groups -OCH3 is 1. The second-order valence-electron chi connectivity index (χ2n) is 7.50. The average Bonchev–Trinajstić information content (AvgIpc) is 2.52. The molecule has 7 heteroatoms. The molecular formula is C19H25F2N3O2. The minimum absolute atomic E-state index is 0.00798. The van der Waals surface area contributed by atoms with E-state index in [0.29, 0.717) is 23.9 Å². The van der Waals surface area contributed by atoms with Crippen LogP contribution >= 0.6 is 0 Å². The van der Waals surface area contributed by atoms with Gasteiger partial charge in [-0.05, 0) is 13.0 Å². The van der Waals surface area contributed by atoms with Crippen LogP contribution in [0.15, 0.2) is 24.3 Å². The molecule has 5 nitrogen and oxygen atoms in total. The third-order valence-electron chi connectivity index (χ3n) is 3.87. The van der Waals surface area contributed by atoms with Gasteiger partial charge in [-0.2, -0.15) is 0 Å². The average molecular weight is 365 g/mol. The highest BCUT2D eigenvalue weighted by Crippen LogP contribution is 2.26. The number of aromatic nitrogens is 2. The van der Waals surface area contributed by atoms with Crippen LogP contribution in [0.1, 0.15) is 44.8 Å². The Balaban J connectivity index is 2.25. The van der Waals surface area contributed by atoms with Crippen molar-refractivity contribution in [3.05, 3.63) is 53.0 Å². The van der Waals surface area contributed by atoms with Gasteiger partial charge in [0.15, 0.2) is 0 Å². The van der Waals surface area contributed by atoms with E-state index >= 15 is 0 Å². The highest BCUT2D eigenvalue weighted by Gasteiger charge is 2.27. The molecule has 2 aromatic rings. The molecule has 0 aliphatic heterocycles. The van der Waals surface area contributed by atoms with Gasteiger partial charge in [0.2, 0.25) is 0 Å². The molecule has 0 fully saturated rings. The Morgan fingerprint density at radius 2 is 1.81 bits per heavy atom. The van der Waals surface area contributed by atoms with Crippen molar-refractivity contribution in [3.63, 3.8) is 0 Å². The summed E-state index contributed by atoms with van der Waals surface area (Å²) in [4.78, 5) is 8.96. The maximum absolute atomic E-state index is 14.0. The van der Waals surface area contributed by atoms with Gasteiger partial charge in [0.05, 0.1) is 12.3 Å². The van der Waals surface area contributed by atoms with E-state index in [1.165, 1.54) is 13.0 Å². The SMILES string of the molecule is COCc1cc(NCC(C)(O)c2ccc(F)cc2F)nc(C(C)(C)C)n1. The van der Waals surface area contributed by atoms with Crippen LogP contribution in [0.5, 0.6) is 0 Å². The summed E-state index contributed by atoms with van der Waals surface area (Å²) in [6.45, 7) is 7.75. The zero-order valence-electron chi connectivity index (χ0n) is 15.7. The fraction of sp³-hybridized carbons (Fsp3) is 0.474. The number of ether oxygens (including phenoxy) is 1. The lowest BCUT2D eigenvalue weighted by Gasteiger charge is -2.26. The van der Waals surface area contributed by atoms with E-state index in [0.717, 1.165) is 12.1 Å². The molecule has 0 bridgehead atoms. The molecule has 0 amide bonds. The lowest BCUT2D eigenvalue weighted by Crippen LogP contribution is -2.32. The van der Waals surface area contributed by atoms with Crippen molar-refractivity contribution in [1.29, 1.82) is 0 Å². The van der Waals surface area contributed by atoms with Crippen LogP contribution < -0.4 is 5.32 Å². The maximum atomic E-state index is 14.0. The summed E-state index contributed by atoms with van der Waals surface area (Å²) in [7, 11) is 1.58. The van der Waals surface area contributed by atoms with Gasteiger partial charge in [0, 0.05) is 36.8 Å². The molecule has 1 aromatic heterocycles. The van der Waals surface area contributed by atoms with Crippen molar-refractivity contribution >= 4 is 5.82 Å². The molecule has 0 spiro atoms. The number of nitrogens with zero attached hydrogens (tertiary/aromatic N) is 2. The normalized spacial score (nSPS) is 14.2. The molecule has 0 radical (unpaired) electrons. The first kappa shape index (κ1) is 20.2. The van der Waals surface area contributed by atoms with E-state index < -0.39 is 17.2 Å². The number of anilines is 1. The largest absolute Gasteiger partial charge is 0.383 e. The lowest BCUT2D eigenvalue weighted by molar-refractivity contribution is 0.0673. The zero-order chi connectivity index (χ0) is 19.5. The van der Waals surface area contributed by atoms with Crippen molar-refractivity contribution in [2.75, 3.05) is 19.0 Å². The van der Waals surface area contributed by atoms with Crippen molar-refractivity contribution in [2.24, 2.45) is 0 Å². The first-order valence-corrected chi connectivity index (χ1v) is 8.32. The number of aliphatic hydroxyl groups is 1. The monoisotopic (exact) mass is 365 g/mol. The fourth-order valence-corrected chi connectivity index (χ4v) is 2.43. The van der Waals surface area contributed by atoms with Crippen molar-refractivity contribution < 1.29 is 18.6 Å². The van der Waals surface area contributed by atoms with Crippen LogP contribution in [0.3, 0.4) is 0 Å². The van der Waals surface area contributed by atoms with Gasteiger partial charge in [-0.3, -0.25) is 0 Å². The van der Waals surface area contributed by atoms with E-state index in [9.17, 15) is 13.9 Å². The van der Waals surface area contributed by atoms with Crippen molar-refractivity contribution in [3.8, 4) is 0 Å². The summed E-state index contributed by atoms with van der Waals surface area (Å²) in [6.07, 6.45) is 0. The Bertz CT molecular complexity index is 774. The van der Waals surface area contributed by atoms with Gasteiger partial charge in [0.25, 0.3) is 0 Å². The van der Waals surface area contributed by atoms with Gasteiger partial charge in [-0.1, -0.05) is 26.8 Å². The van der Waals surface area contributed by atoms with Gasteiger partial charge < -0.3 is 15.2 Å². The minimum Gasteiger partial charge on any atom is -0.383 e. The van der Waals surface area contributed by atoms with E-state index in [2.05, 4.69) is 15.3 Å². The van der Waals surface area contributed by atoms with E-state index in [1.807, 2.05) is 20.8 Å². The highest BCUT2D eigenvalue weighted by atomic mass is 19.1. The summed E-state index contributed by atoms with van der Waals surface area (Å²) in [6, 6.07) is 4.83. The Hall–Kier alpha value is -2.12. The van der Waals surface area contributed by atoms with E-state index in [1.54, 1.807) is 13.2 Å². The molecular weight excluding hydrogens is 340 g/mol. The summed E-state index contributed by atoms with van der Waals surface area (Å²) in [5, 5.41) is 13.6. The zero-order valence-corrected chi connectivity index (χ0v) is 15.7. The van der Waals surface area contributed by atoms with Crippen LogP contribution in [0.2, 0.25) is 0 Å². The third kappa shape index (κ3) is 4.95. The van der Waals surface area contributed by atoms with Crippen LogP contribution in [-0.4, -0.2) is 28.7 Å². The van der Waals surface area contributed by atoms with Gasteiger partial charge in [0.1, 0.15) is 28.9 Å². The molecule has 1 aromatic carbocycles. The molecule has 1 heterocycles. The summed E-state index contributed by atoms with van der Waals surface area (Å²) in [5.74, 6) is -0.360. The molecule has 0 saturated heterocycles. The van der Waals surface area contributed by atoms with E-state index in [-0.39, 0.29) is 17.5 Å². The number of hydrogen-bond donors (Lipinski definition) is 2. The predicted octanol–water partition coefficient (Wildman–Crippen LogP) is 3.52. The van der Waals surface area contributed by atoms with Crippen LogP contribution in [0.4, 0.5) is 14.6 Å². The van der Waals surface area contributed by atoms with Crippen LogP contribution in [0, 0.1) is 11.6 Å². The first-order valence-electron chi connectivity index (χ1n) is 8.32. The maximum Gasteiger partial charge on any atom is 0.136 e. The molecule has 2 N–H and O–H groups in total. The second kappa shape index (κ2) is 7.63. The molecule has 0 aliphatic rings. The molecule has 1 unspecified atom stereocenters. The minimum atomic E-state index is -1.55. The highest BCUT2D eigenvalue weighted by molar-refractivity contribution is 5.38. The van der Waals surface area contributed by atoms with Crippen molar-refractivity contribution in [1.82, 2.24) is 9.97 Å². The van der Waals surface area contributed by atoms with Crippen molar-refractivity contribution in [2.45, 2.75) is 45.3 Å². The molecule has 1 atom stereocenters. The Labute approximate surface area is 152 Å². The standard InChI is InChI=1S/C19H25F2N3O2/c1-18(2,3)17-23-13(10-26-5)9-16(24-17)22-11-19(4,25)14-7-6-12(20)8-15(14)21/h6-9,25H,10-11H2,1-5H3,(H,22,23,24). The Kier molecular flexibility index (Phi) is 5.93. The second-order valence-corrected chi connectivity index (χ2v) is 7.50. The topological polar surface area (TPSA) is 67.3 Å². The number of nitrogens with one attached hydrogen (secondary N) is 1. The van der Waals surface area contributed by atoms with Gasteiger partial charge in [-0.25, -0.2) is 18.7 Å². The van der Waals surface area contributed by atoms with Gasteiger partial charge in [-0.15, -0.1) is 0 Å². The Morgan fingerprint density at radius 3 is 2.38 bits per heavy atom. The molecule has 142 valence electrons. The quantitative estimate of drug-likeness (QED) is 0.820. The Morgan fingerprint density at radius 1 is 1.12 bits per heavy atom. The number of benzene rings is 1. The fourth-order valence-electron chi connectivity index (χ4n) is 2.43. The first-order chi connectivity index (χ1) is 12.0.